The lowest BCUT2D eigenvalue weighted by Crippen LogP contribution is -2.40. The van der Waals surface area contributed by atoms with E-state index in [4.69, 9.17) is 10.00 Å². The third-order valence-corrected chi connectivity index (χ3v) is 3.15. The molecule has 0 radical (unpaired) electrons. The van der Waals surface area contributed by atoms with Gasteiger partial charge in [0.25, 0.3) is 0 Å². The van der Waals surface area contributed by atoms with E-state index in [9.17, 15) is 5.11 Å². The van der Waals surface area contributed by atoms with Gasteiger partial charge in [0.2, 0.25) is 0 Å². The predicted molar refractivity (Wildman–Crippen MR) is 68.3 cm³/mol. The molecule has 1 fully saturated rings. The second-order valence-corrected chi connectivity index (χ2v) is 4.55. The minimum atomic E-state index is -0.204. The molecule has 0 saturated carbocycles. The van der Waals surface area contributed by atoms with Crippen LogP contribution >= 0.6 is 0 Å². The van der Waals surface area contributed by atoms with Crippen molar-refractivity contribution in [2.75, 3.05) is 26.2 Å². The standard InChI is InChI=1S/C14H18N2O2/c15-10-12-4-1-2-6-14(12)18-9-8-16-7-3-5-13(17)11-16/h1-2,4,6,13,17H,3,5,7-9,11H2/t13-/m1/s1. The number of likely N-dealkylation sites (tertiary alicyclic amines) is 1. The average Bonchev–Trinajstić information content (AvgIpc) is 2.39. The Morgan fingerprint density at radius 1 is 1.44 bits per heavy atom. The van der Waals surface area contributed by atoms with E-state index in [0.717, 1.165) is 32.5 Å². The molecule has 1 N–H and O–H groups in total. The van der Waals surface area contributed by atoms with Crippen molar-refractivity contribution in [1.29, 1.82) is 5.26 Å². The topological polar surface area (TPSA) is 56.5 Å². The fourth-order valence-corrected chi connectivity index (χ4v) is 2.20. The molecule has 1 atom stereocenters. The summed E-state index contributed by atoms with van der Waals surface area (Å²) < 4.78 is 5.62. The van der Waals surface area contributed by atoms with Gasteiger partial charge in [-0.15, -0.1) is 0 Å². The second-order valence-electron chi connectivity index (χ2n) is 4.55. The first-order valence-corrected chi connectivity index (χ1v) is 6.32. The van der Waals surface area contributed by atoms with Crippen LogP contribution in [0.15, 0.2) is 24.3 Å². The molecule has 4 nitrogen and oxygen atoms in total. The molecule has 1 aliphatic heterocycles. The van der Waals surface area contributed by atoms with Crippen LogP contribution in [0.1, 0.15) is 18.4 Å². The number of nitrogens with zero attached hydrogens (tertiary/aromatic N) is 2. The van der Waals surface area contributed by atoms with Crippen molar-refractivity contribution in [1.82, 2.24) is 4.90 Å². The van der Waals surface area contributed by atoms with Gasteiger partial charge >= 0.3 is 0 Å². The van der Waals surface area contributed by atoms with Gasteiger partial charge in [0.1, 0.15) is 18.4 Å². The molecule has 1 saturated heterocycles. The van der Waals surface area contributed by atoms with Crippen LogP contribution in [-0.2, 0) is 0 Å². The van der Waals surface area contributed by atoms with E-state index in [-0.39, 0.29) is 6.10 Å². The van der Waals surface area contributed by atoms with E-state index in [1.54, 1.807) is 6.07 Å². The molecule has 0 spiro atoms. The fourth-order valence-electron chi connectivity index (χ4n) is 2.20. The van der Waals surface area contributed by atoms with Gasteiger partial charge in [0.15, 0.2) is 0 Å². The van der Waals surface area contributed by atoms with Gasteiger partial charge in [0.05, 0.1) is 11.7 Å². The van der Waals surface area contributed by atoms with Gasteiger partial charge in [-0.05, 0) is 31.5 Å². The molecule has 0 aromatic heterocycles. The van der Waals surface area contributed by atoms with Gasteiger partial charge in [-0.2, -0.15) is 5.26 Å². The SMILES string of the molecule is N#Cc1ccccc1OCCN1CCC[C@@H](O)C1. The van der Waals surface area contributed by atoms with Crippen molar-refractivity contribution < 1.29 is 9.84 Å². The summed E-state index contributed by atoms with van der Waals surface area (Å²) in [6, 6.07) is 9.36. The van der Waals surface area contributed by atoms with Crippen LogP contribution in [0, 0.1) is 11.3 Å². The van der Waals surface area contributed by atoms with Crippen molar-refractivity contribution in [3.05, 3.63) is 29.8 Å². The Morgan fingerprint density at radius 3 is 3.06 bits per heavy atom. The van der Waals surface area contributed by atoms with Crippen LogP contribution in [0.3, 0.4) is 0 Å². The average molecular weight is 246 g/mol. The highest BCUT2D eigenvalue weighted by molar-refractivity contribution is 5.42. The Bertz CT molecular complexity index is 428. The molecule has 2 rings (SSSR count). The third kappa shape index (κ3) is 3.46. The highest BCUT2D eigenvalue weighted by Crippen LogP contribution is 2.16. The maximum Gasteiger partial charge on any atom is 0.137 e. The number of β-amino-alcohol motifs (C(OH)–C–C–N with tert-alkyl or cyclic N) is 1. The summed E-state index contributed by atoms with van der Waals surface area (Å²) in [7, 11) is 0. The molecule has 1 aromatic carbocycles. The number of para-hydroxylation sites is 1. The van der Waals surface area contributed by atoms with Crippen LogP contribution in [0.5, 0.6) is 5.75 Å². The Morgan fingerprint density at radius 2 is 2.28 bits per heavy atom. The Kier molecular flexibility index (Phi) is 4.57. The predicted octanol–water partition coefficient (Wildman–Crippen LogP) is 1.39. The Labute approximate surface area is 107 Å². The lowest BCUT2D eigenvalue weighted by atomic mass is 10.1. The van der Waals surface area contributed by atoms with Crippen LogP contribution < -0.4 is 4.74 Å². The second kappa shape index (κ2) is 6.39. The molecule has 1 heterocycles. The van der Waals surface area contributed by atoms with Crippen molar-refractivity contribution in [2.45, 2.75) is 18.9 Å². The van der Waals surface area contributed by atoms with E-state index in [1.165, 1.54) is 0 Å². The van der Waals surface area contributed by atoms with E-state index in [1.807, 2.05) is 18.2 Å². The summed E-state index contributed by atoms with van der Waals surface area (Å²) in [6.45, 7) is 3.08. The highest BCUT2D eigenvalue weighted by Gasteiger charge is 2.17. The molecule has 1 aliphatic rings. The number of benzene rings is 1. The number of rotatable bonds is 4. The van der Waals surface area contributed by atoms with Crippen molar-refractivity contribution in [2.24, 2.45) is 0 Å². The molecule has 0 bridgehead atoms. The lowest BCUT2D eigenvalue weighted by Gasteiger charge is -2.29. The van der Waals surface area contributed by atoms with Gasteiger partial charge < -0.3 is 9.84 Å². The maximum atomic E-state index is 9.55. The van der Waals surface area contributed by atoms with Gasteiger partial charge in [0, 0.05) is 13.1 Å². The van der Waals surface area contributed by atoms with Gasteiger partial charge in [-0.25, -0.2) is 0 Å². The van der Waals surface area contributed by atoms with Crippen molar-refractivity contribution >= 4 is 0 Å². The number of hydrogen-bond donors (Lipinski definition) is 1. The number of ether oxygens (including phenoxy) is 1. The summed E-state index contributed by atoms with van der Waals surface area (Å²) in [5, 5.41) is 18.5. The van der Waals surface area contributed by atoms with Gasteiger partial charge in [-0.1, -0.05) is 12.1 Å². The molecule has 0 aliphatic carbocycles. The van der Waals surface area contributed by atoms with Crippen molar-refractivity contribution in [3.63, 3.8) is 0 Å². The zero-order valence-corrected chi connectivity index (χ0v) is 10.4. The largest absolute Gasteiger partial charge is 0.491 e. The highest BCUT2D eigenvalue weighted by atomic mass is 16.5. The first-order chi connectivity index (χ1) is 8.79. The zero-order valence-electron chi connectivity index (χ0n) is 10.4. The third-order valence-electron chi connectivity index (χ3n) is 3.15. The number of hydrogen-bond acceptors (Lipinski definition) is 4. The number of nitriles is 1. The quantitative estimate of drug-likeness (QED) is 0.872. The monoisotopic (exact) mass is 246 g/mol. The molecule has 1 aromatic rings. The van der Waals surface area contributed by atoms with E-state index in [2.05, 4.69) is 11.0 Å². The molecule has 4 heteroatoms. The van der Waals surface area contributed by atoms with Crippen LogP contribution in [0.25, 0.3) is 0 Å². The van der Waals surface area contributed by atoms with E-state index < -0.39 is 0 Å². The molecule has 96 valence electrons. The summed E-state index contributed by atoms with van der Waals surface area (Å²) in [5.41, 5.74) is 0.566. The number of piperidine rings is 1. The van der Waals surface area contributed by atoms with Crippen LogP contribution in [-0.4, -0.2) is 42.4 Å². The Balaban J connectivity index is 1.80. The zero-order chi connectivity index (χ0) is 12.8. The number of aliphatic hydroxyl groups is 1. The van der Waals surface area contributed by atoms with Gasteiger partial charge in [-0.3, -0.25) is 4.90 Å². The number of aliphatic hydroxyl groups excluding tert-OH is 1. The minimum Gasteiger partial charge on any atom is -0.491 e. The first-order valence-electron chi connectivity index (χ1n) is 6.32. The molecule has 0 amide bonds. The molecule has 18 heavy (non-hydrogen) atoms. The summed E-state index contributed by atoms with van der Waals surface area (Å²) in [6.07, 6.45) is 1.73. The smallest absolute Gasteiger partial charge is 0.137 e. The van der Waals surface area contributed by atoms with Crippen molar-refractivity contribution in [3.8, 4) is 11.8 Å². The lowest BCUT2D eigenvalue weighted by molar-refractivity contribution is 0.0633. The first kappa shape index (κ1) is 12.9. The summed E-state index contributed by atoms with van der Waals surface area (Å²) in [4.78, 5) is 2.20. The summed E-state index contributed by atoms with van der Waals surface area (Å²) >= 11 is 0. The molecule has 0 unspecified atom stereocenters. The van der Waals surface area contributed by atoms with Crippen LogP contribution in [0.2, 0.25) is 0 Å². The Hall–Kier alpha value is -1.57. The normalized spacial score (nSPS) is 20.3. The minimum absolute atomic E-state index is 0.204. The van der Waals surface area contributed by atoms with E-state index >= 15 is 0 Å². The maximum absolute atomic E-state index is 9.55. The summed E-state index contributed by atoms with van der Waals surface area (Å²) in [5.74, 6) is 0.637. The molecular weight excluding hydrogens is 228 g/mol. The van der Waals surface area contributed by atoms with Crippen LogP contribution in [0.4, 0.5) is 0 Å². The molecular formula is C14H18N2O2. The fraction of sp³-hybridized carbons (Fsp3) is 0.500. The van der Waals surface area contributed by atoms with E-state index in [0.29, 0.717) is 17.9 Å².